The van der Waals surface area contributed by atoms with Crippen LogP contribution < -0.4 is 4.74 Å². The second-order valence-corrected chi connectivity index (χ2v) is 6.03. The second kappa shape index (κ2) is 9.30. The topological polar surface area (TPSA) is 39.2 Å². The molecule has 0 aliphatic rings. The molecule has 0 bridgehead atoms. The van der Waals surface area contributed by atoms with Crippen molar-refractivity contribution in [2.24, 2.45) is 0 Å². The van der Waals surface area contributed by atoms with E-state index in [1.54, 1.807) is 12.4 Å². The lowest BCUT2D eigenvalue weighted by Crippen LogP contribution is -2.01. The molecule has 0 atom stereocenters. The van der Waals surface area contributed by atoms with Gasteiger partial charge in [0.25, 0.3) is 0 Å². The molecule has 0 aliphatic carbocycles. The molecule has 0 saturated heterocycles. The van der Waals surface area contributed by atoms with Crippen LogP contribution in [0.1, 0.15) is 11.1 Å². The molecule has 0 spiro atoms. The van der Waals surface area contributed by atoms with Crippen LogP contribution in [0.15, 0.2) is 91.8 Å². The Bertz CT molecular complexity index is 945. The van der Waals surface area contributed by atoms with Gasteiger partial charge in [-0.05, 0) is 52.6 Å². The van der Waals surface area contributed by atoms with Crippen LogP contribution >= 0.6 is 0 Å². The van der Waals surface area contributed by atoms with E-state index in [2.05, 4.69) is 11.6 Å². The average Bonchev–Trinajstić information content (AvgIpc) is 2.72. The summed E-state index contributed by atoms with van der Waals surface area (Å²) < 4.78 is 5.85. The lowest BCUT2D eigenvalue weighted by molar-refractivity contribution is -0.114. The number of carbonyl (C=O) groups excluding carboxylic acids is 1. The maximum atomic E-state index is 11.7. The lowest BCUT2D eigenvalue weighted by Gasteiger charge is -2.10. The minimum atomic E-state index is -0.0253. The fourth-order valence-electron chi connectivity index (χ4n) is 2.76. The highest BCUT2D eigenvalue weighted by molar-refractivity contribution is 5.92. The molecule has 0 N–H and O–H groups in total. The van der Waals surface area contributed by atoms with Crippen molar-refractivity contribution in [2.75, 3.05) is 6.61 Å². The Hall–Kier alpha value is -3.46. The van der Waals surface area contributed by atoms with Gasteiger partial charge in [-0.2, -0.15) is 0 Å². The van der Waals surface area contributed by atoms with Crippen molar-refractivity contribution in [3.63, 3.8) is 0 Å². The third kappa shape index (κ3) is 5.25. The zero-order valence-corrected chi connectivity index (χ0v) is 15.0. The van der Waals surface area contributed by atoms with Crippen LogP contribution in [0.5, 0.6) is 5.75 Å². The minimum absolute atomic E-state index is 0.0253. The van der Waals surface area contributed by atoms with Crippen molar-refractivity contribution in [3.8, 4) is 16.9 Å². The number of hydrogen-bond acceptors (Lipinski definition) is 3. The van der Waals surface area contributed by atoms with Crippen LogP contribution in [0.2, 0.25) is 0 Å². The lowest BCUT2D eigenvalue weighted by atomic mass is 9.98. The Morgan fingerprint density at radius 1 is 1.07 bits per heavy atom. The van der Waals surface area contributed by atoms with E-state index in [1.807, 2.05) is 72.8 Å². The third-order valence-corrected chi connectivity index (χ3v) is 4.10. The van der Waals surface area contributed by atoms with Gasteiger partial charge in [0.2, 0.25) is 0 Å². The molecular formula is C24H21NO2. The number of pyridine rings is 1. The second-order valence-electron chi connectivity index (χ2n) is 6.03. The van der Waals surface area contributed by atoms with E-state index in [-0.39, 0.29) is 12.2 Å². The van der Waals surface area contributed by atoms with Crippen molar-refractivity contribution in [1.82, 2.24) is 4.98 Å². The van der Waals surface area contributed by atoms with Crippen molar-refractivity contribution in [3.05, 3.63) is 103 Å². The molecule has 3 heteroatoms. The first-order chi connectivity index (χ1) is 13.3. The largest absolute Gasteiger partial charge is 0.490 e. The van der Waals surface area contributed by atoms with Crippen LogP contribution in [0.25, 0.3) is 17.2 Å². The minimum Gasteiger partial charge on any atom is -0.490 e. The molecule has 0 unspecified atom stereocenters. The number of nitrogens with zero attached hydrogens (tertiary/aromatic N) is 1. The maximum Gasteiger partial charge on any atom is 0.159 e. The summed E-state index contributed by atoms with van der Waals surface area (Å²) in [5.74, 6) is 0.755. The molecule has 0 amide bonds. The number of ketones is 1. The van der Waals surface area contributed by atoms with Gasteiger partial charge in [-0.1, -0.05) is 55.1 Å². The first-order valence-corrected chi connectivity index (χ1v) is 8.79. The smallest absolute Gasteiger partial charge is 0.159 e. The van der Waals surface area contributed by atoms with Crippen LogP contribution in [0, 0.1) is 0 Å². The number of hydrogen-bond donors (Lipinski definition) is 0. The molecule has 0 saturated carbocycles. The Kier molecular flexibility index (Phi) is 6.31. The summed E-state index contributed by atoms with van der Waals surface area (Å²) in [6, 6.07) is 19.9. The van der Waals surface area contributed by atoms with Gasteiger partial charge in [-0.3, -0.25) is 9.78 Å². The first kappa shape index (κ1) is 18.3. The van der Waals surface area contributed by atoms with Gasteiger partial charge in [0, 0.05) is 18.8 Å². The molecule has 134 valence electrons. The zero-order chi connectivity index (χ0) is 18.9. The summed E-state index contributed by atoms with van der Waals surface area (Å²) in [7, 11) is 0. The quantitative estimate of drug-likeness (QED) is 0.525. The molecular weight excluding hydrogens is 334 g/mol. The van der Waals surface area contributed by atoms with E-state index >= 15 is 0 Å². The van der Waals surface area contributed by atoms with E-state index in [4.69, 9.17) is 4.74 Å². The number of aromatic nitrogens is 1. The Labute approximate surface area is 159 Å². The monoisotopic (exact) mass is 355 g/mol. The van der Waals surface area contributed by atoms with Crippen molar-refractivity contribution in [1.29, 1.82) is 0 Å². The number of ether oxygens (including phenoxy) is 1. The van der Waals surface area contributed by atoms with E-state index < -0.39 is 0 Å². The molecule has 27 heavy (non-hydrogen) atoms. The first-order valence-electron chi connectivity index (χ1n) is 8.79. The van der Waals surface area contributed by atoms with E-state index in [1.165, 1.54) is 6.08 Å². The number of carbonyl (C=O) groups is 1. The molecule has 3 rings (SSSR count). The van der Waals surface area contributed by atoms with Crippen LogP contribution in [0.3, 0.4) is 0 Å². The summed E-state index contributed by atoms with van der Waals surface area (Å²) in [4.78, 5) is 15.9. The number of benzene rings is 2. The van der Waals surface area contributed by atoms with Crippen molar-refractivity contribution in [2.45, 2.75) is 6.42 Å². The van der Waals surface area contributed by atoms with Crippen molar-refractivity contribution >= 4 is 11.9 Å². The van der Waals surface area contributed by atoms with Crippen LogP contribution in [0.4, 0.5) is 0 Å². The Morgan fingerprint density at radius 3 is 2.74 bits per heavy atom. The number of allylic oxidation sites excluding steroid dienone is 1. The Balaban J connectivity index is 1.71. The SMILES string of the molecule is C=CC(=O)Cc1cnccc1-c1cccc(OCC=Cc2ccccc2)c1. The zero-order valence-electron chi connectivity index (χ0n) is 15.0. The summed E-state index contributed by atoms with van der Waals surface area (Å²) in [6.07, 6.45) is 9.11. The molecule has 0 aliphatic heterocycles. The van der Waals surface area contributed by atoms with Gasteiger partial charge in [0.1, 0.15) is 12.4 Å². The summed E-state index contributed by atoms with van der Waals surface area (Å²) in [5.41, 5.74) is 3.99. The van der Waals surface area contributed by atoms with Crippen LogP contribution in [-0.2, 0) is 11.2 Å². The average molecular weight is 355 g/mol. The molecule has 2 aromatic carbocycles. The molecule has 1 aromatic heterocycles. The molecule has 0 fully saturated rings. The summed E-state index contributed by atoms with van der Waals surface area (Å²) in [5, 5.41) is 0. The molecule has 3 nitrogen and oxygen atoms in total. The highest BCUT2D eigenvalue weighted by Crippen LogP contribution is 2.27. The van der Waals surface area contributed by atoms with E-state index in [9.17, 15) is 4.79 Å². The molecule has 1 heterocycles. The van der Waals surface area contributed by atoms with E-state index in [0.29, 0.717) is 6.61 Å². The van der Waals surface area contributed by atoms with Crippen LogP contribution in [-0.4, -0.2) is 17.4 Å². The molecule has 0 radical (unpaired) electrons. The number of rotatable bonds is 8. The van der Waals surface area contributed by atoms with Gasteiger partial charge in [0.15, 0.2) is 5.78 Å². The Morgan fingerprint density at radius 2 is 1.93 bits per heavy atom. The highest BCUT2D eigenvalue weighted by atomic mass is 16.5. The van der Waals surface area contributed by atoms with Crippen molar-refractivity contribution < 1.29 is 9.53 Å². The van der Waals surface area contributed by atoms with Gasteiger partial charge < -0.3 is 4.74 Å². The normalized spacial score (nSPS) is 10.7. The van der Waals surface area contributed by atoms with Gasteiger partial charge in [-0.15, -0.1) is 0 Å². The predicted molar refractivity (Wildman–Crippen MR) is 110 cm³/mol. The predicted octanol–water partition coefficient (Wildman–Crippen LogP) is 5.14. The van der Waals surface area contributed by atoms with Gasteiger partial charge in [-0.25, -0.2) is 0 Å². The molecule has 3 aromatic rings. The van der Waals surface area contributed by atoms with E-state index in [0.717, 1.165) is 28.0 Å². The summed E-state index contributed by atoms with van der Waals surface area (Å²) >= 11 is 0. The fourth-order valence-corrected chi connectivity index (χ4v) is 2.76. The maximum absolute atomic E-state index is 11.7. The highest BCUT2D eigenvalue weighted by Gasteiger charge is 2.09. The summed E-state index contributed by atoms with van der Waals surface area (Å²) in [6.45, 7) is 4.02. The third-order valence-electron chi connectivity index (χ3n) is 4.10. The van der Waals surface area contributed by atoms with Gasteiger partial charge >= 0.3 is 0 Å². The fraction of sp³-hybridized carbons (Fsp3) is 0.0833. The standard InChI is InChI=1S/C24H21NO2/c1-2-22(26)16-21-18-25-14-13-24(21)20-11-6-12-23(17-20)27-15-7-10-19-8-4-3-5-9-19/h2-14,17-18H,1,15-16H2. The van der Waals surface area contributed by atoms with Gasteiger partial charge in [0.05, 0.1) is 0 Å².